The number of benzene rings is 1. The van der Waals surface area contributed by atoms with E-state index in [9.17, 15) is 0 Å². The Morgan fingerprint density at radius 1 is 1.22 bits per heavy atom. The second-order valence-electron chi connectivity index (χ2n) is 4.49. The summed E-state index contributed by atoms with van der Waals surface area (Å²) >= 11 is 6.08. The van der Waals surface area contributed by atoms with E-state index in [1.54, 1.807) is 0 Å². The first-order chi connectivity index (χ1) is 8.74. The normalized spacial score (nSPS) is 16.2. The summed E-state index contributed by atoms with van der Waals surface area (Å²) in [5.74, 6) is 1.81. The van der Waals surface area contributed by atoms with E-state index in [2.05, 4.69) is 20.2 Å². The van der Waals surface area contributed by atoms with Crippen molar-refractivity contribution in [3.05, 3.63) is 29.0 Å². The van der Waals surface area contributed by atoms with Gasteiger partial charge in [-0.25, -0.2) is 9.97 Å². The van der Waals surface area contributed by atoms with Crippen LogP contribution in [0, 0.1) is 6.92 Å². The lowest BCUT2D eigenvalue weighted by Crippen LogP contribution is -2.44. The molecule has 0 bridgehead atoms. The van der Waals surface area contributed by atoms with Crippen LogP contribution >= 0.6 is 11.6 Å². The molecule has 1 aliphatic rings. The summed E-state index contributed by atoms with van der Waals surface area (Å²) < 4.78 is 0. The molecule has 0 atom stereocenters. The molecule has 18 heavy (non-hydrogen) atoms. The molecule has 0 spiro atoms. The number of hydrogen-bond donors (Lipinski definition) is 1. The summed E-state index contributed by atoms with van der Waals surface area (Å²) in [5, 5.41) is 5.11. The van der Waals surface area contributed by atoms with Crippen LogP contribution in [0.25, 0.3) is 10.9 Å². The second-order valence-corrected chi connectivity index (χ2v) is 4.93. The standard InChI is InChI=1S/C13H15ClN4/c1-9-16-12-3-2-10(14)8-11(12)13(17-9)18-6-4-15-5-7-18/h2-3,8,15H,4-7H2,1H3. The zero-order chi connectivity index (χ0) is 12.5. The van der Waals surface area contributed by atoms with Gasteiger partial charge in [-0.05, 0) is 25.1 Å². The lowest BCUT2D eigenvalue weighted by Gasteiger charge is -2.29. The summed E-state index contributed by atoms with van der Waals surface area (Å²) in [6.45, 7) is 5.85. The van der Waals surface area contributed by atoms with Crippen LogP contribution in [0.3, 0.4) is 0 Å². The third kappa shape index (κ3) is 2.13. The molecule has 0 unspecified atom stereocenters. The maximum atomic E-state index is 6.08. The summed E-state index contributed by atoms with van der Waals surface area (Å²) in [6, 6.07) is 5.78. The number of anilines is 1. The van der Waals surface area contributed by atoms with Crippen molar-refractivity contribution in [2.24, 2.45) is 0 Å². The van der Waals surface area contributed by atoms with E-state index in [-0.39, 0.29) is 0 Å². The van der Waals surface area contributed by atoms with E-state index in [4.69, 9.17) is 11.6 Å². The lowest BCUT2D eigenvalue weighted by atomic mass is 10.2. The highest BCUT2D eigenvalue weighted by Crippen LogP contribution is 2.26. The molecule has 5 heteroatoms. The van der Waals surface area contributed by atoms with Crippen molar-refractivity contribution in [1.29, 1.82) is 0 Å². The fraction of sp³-hybridized carbons (Fsp3) is 0.385. The van der Waals surface area contributed by atoms with Crippen LogP contribution in [-0.2, 0) is 0 Å². The topological polar surface area (TPSA) is 41.1 Å². The third-order valence-electron chi connectivity index (χ3n) is 3.17. The average Bonchev–Trinajstić information content (AvgIpc) is 2.39. The van der Waals surface area contributed by atoms with E-state index in [0.717, 1.165) is 53.7 Å². The summed E-state index contributed by atoms with van der Waals surface area (Å²) in [6.07, 6.45) is 0. The van der Waals surface area contributed by atoms with Crippen molar-refractivity contribution >= 4 is 28.3 Å². The molecule has 1 N–H and O–H groups in total. The molecule has 1 saturated heterocycles. The van der Waals surface area contributed by atoms with Crippen molar-refractivity contribution < 1.29 is 0 Å². The van der Waals surface area contributed by atoms with Gasteiger partial charge in [0.25, 0.3) is 0 Å². The number of rotatable bonds is 1. The molecule has 1 fully saturated rings. The Balaban J connectivity index is 2.16. The van der Waals surface area contributed by atoms with E-state index in [1.165, 1.54) is 0 Å². The van der Waals surface area contributed by atoms with E-state index >= 15 is 0 Å². The number of nitrogens with zero attached hydrogens (tertiary/aromatic N) is 3. The number of aromatic nitrogens is 2. The fourth-order valence-corrected chi connectivity index (χ4v) is 2.49. The van der Waals surface area contributed by atoms with Gasteiger partial charge in [0.1, 0.15) is 11.6 Å². The summed E-state index contributed by atoms with van der Waals surface area (Å²) in [5.41, 5.74) is 0.959. The monoisotopic (exact) mass is 262 g/mol. The maximum absolute atomic E-state index is 6.08. The molecule has 3 rings (SSSR count). The molecule has 2 aromatic rings. The van der Waals surface area contributed by atoms with Gasteiger partial charge in [0.05, 0.1) is 5.52 Å². The number of hydrogen-bond acceptors (Lipinski definition) is 4. The molecule has 0 amide bonds. The Morgan fingerprint density at radius 3 is 2.78 bits per heavy atom. The van der Waals surface area contributed by atoms with Crippen molar-refractivity contribution in [3.63, 3.8) is 0 Å². The van der Waals surface area contributed by atoms with Crippen LogP contribution < -0.4 is 10.2 Å². The van der Waals surface area contributed by atoms with Crippen LogP contribution in [-0.4, -0.2) is 36.1 Å². The molecule has 2 heterocycles. The van der Waals surface area contributed by atoms with Crippen molar-refractivity contribution in [3.8, 4) is 0 Å². The Kier molecular flexibility index (Phi) is 3.06. The van der Waals surface area contributed by atoms with Crippen LogP contribution in [0.1, 0.15) is 5.82 Å². The number of aryl methyl sites for hydroxylation is 1. The highest BCUT2D eigenvalue weighted by molar-refractivity contribution is 6.31. The van der Waals surface area contributed by atoms with Crippen molar-refractivity contribution in [2.45, 2.75) is 6.92 Å². The molecule has 4 nitrogen and oxygen atoms in total. The fourth-order valence-electron chi connectivity index (χ4n) is 2.32. The van der Waals surface area contributed by atoms with Gasteiger partial charge < -0.3 is 10.2 Å². The number of halogens is 1. The minimum absolute atomic E-state index is 0.728. The Labute approximate surface area is 111 Å². The highest BCUT2D eigenvalue weighted by Gasteiger charge is 2.16. The first-order valence-electron chi connectivity index (χ1n) is 6.13. The van der Waals surface area contributed by atoms with Gasteiger partial charge in [-0.2, -0.15) is 0 Å². The Morgan fingerprint density at radius 2 is 2.00 bits per heavy atom. The van der Waals surface area contributed by atoms with Crippen LogP contribution in [0.4, 0.5) is 5.82 Å². The van der Waals surface area contributed by atoms with Gasteiger partial charge in [0, 0.05) is 36.6 Å². The van der Waals surface area contributed by atoms with Crippen LogP contribution in [0.5, 0.6) is 0 Å². The van der Waals surface area contributed by atoms with Gasteiger partial charge in [0.2, 0.25) is 0 Å². The van der Waals surface area contributed by atoms with E-state index < -0.39 is 0 Å². The maximum Gasteiger partial charge on any atom is 0.140 e. The molecule has 0 aliphatic carbocycles. The van der Waals surface area contributed by atoms with Gasteiger partial charge in [-0.15, -0.1) is 0 Å². The first kappa shape index (κ1) is 11.7. The molecular formula is C13H15ClN4. The predicted octanol–water partition coefficient (Wildman–Crippen LogP) is 2.00. The first-order valence-corrected chi connectivity index (χ1v) is 6.51. The SMILES string of the molecule is Cc1nc(N2CCNCC2)c2cc(Cl)ccc2n1. The predicted molar refractivity (Wildman–Crippen MR) is 74.4 cm³/mol. The molecule has 1 aromatic carbocycles. The number of piperazine rings is 1. The second kappa shape index (κ2) is 4.71. The third-order valence-corrected chi connectivity index (χ3v) is 3.40. The molecular weight excluding hydrogens is 248 g/mol. The van der Waals surface area contributed by atoms with E-state index in [1.807, 2.05) is 25.1 Å². The molecule has 0 saturated carbocycles. The quantitative estimate of drug-likeness (QED) is 0.854. The van der Waals surface area contributed by atoms with Gasteiger partial charge >= 0.3 is 0 Å². The van der Waals surface area contributed by atoms with Gasteiger partial charge in [-0.3, -0.25) is 0 Å². The summed E-state index contributed by atoms with van der Waals surface area (Å²) in [4.78, 5) is 11.4. The smallest absolute Gasteiger partial charge is 0.140 e. The van der Waals surface area contributed by atoms with Crippen molar-refractivity contribution in [1.82, 2.24) is 15.3 Å². The molecule has 0 radical (unpaired) electrons. The zero-order valence-electron chi connectivity index (χ0n) is 10.3. The Hall–Kier alpha value is -1.39. The lowest BCUT2D eigenvalue weighted by molar-refractivity contribution is 0.585. The minimum atomic E-state index is 0.728. The highest BCUT2D eigenvalue weighted by atomic mass is 35.5. The Bertz CT molecular complexity index is 578. The number of fused-ring (bicyclic) bond motifs is 1. The molecule has 94 valence electrons. The summed E-state index contributed by atoms with van der Waals surface area (Å²) in [7, 11) is 0. The number of nitrogens with one attached hydrogen (secondary N) is 1. The molecule has 1 aromatic heterocycles. The largest absolute Gasteiger partial charge is 0.353 e. The van der Waals surface area contributed by atoms with Crippen molar-refractivity contribution in [2.75, 3.05) is 31.1 Å². The van der Waals surface area contributed by atoms with E-state index in [0.29, 0.717) is 0 Å². The zero-order valence-corrected chi connectivity index (χ0v) is 11.0. The van der Waals surface area contributed by atoms with Crippen LogP contribution in [0.15, 0.2) is 18.2 Å². The minimum Gasteiger partial charge on any atom is -0.353 e. The van der Waals surface area contributed by atoms with Gasteiger partial charge in [-0.1, -0.05) is 11.6 Å². The average molecular weight is 263 g/mol. The van der Waals surface area contributed by atoms with Gasteiger partial charge in [0.15, 0.2) is 0 Å². The molecule has 1 aliphatic heterocycles. The van der Waals surface area contributed by atoms with Crippen LogP contribution in [0.2, 0.25) is 5.02 Å².